The molecule has 3 heterocycles. The van der Waals surface area contributed by atoms with Crippen LogP contribution in [0.3, 0.4) is 0 Å². The summed E-state index contributed by atoms with van der Waals surface area (Å²) in [6.45, 7) is 0. The van der Waals surface area contributed by atoms with E-state index in [1.807, 2.05) is 36.4 Å². The van der Waals surface area contributed by atoms with E-state index >= 15 is 0 Å². The summed E-state index contributed by atoms with van der Waals surface area (Å²) in [6, 6.07) is 64.3. The Morgan fingerprint density at radius 2 is 0.800 bits per heavy atom. The molecule has 0 saturated heterocycles. The fourth-order valence-corrected chi connectivity index (χ4v) is 7.48. The normalized spacial score (nSPS) is 12.3. The van der Waals surface area contributed by atoms with Crippen molar-refractivity contribution in [2.45, 2.75) is 0 Å². The zero-order valence-electron chi connectivity index (χ0n) is 27.1. The third-order valence-electron chi connectivity index (χ3n) is 9.74. The highest BCUT2D eigenvalue weighted by molar-refractivity contribution is 6.12. The van der Waals surface area contributed by atoms with E-state index in [9.17, 15) is 0 Å². The van der Waals surface area contributed by atoms with Gasteiger partial charge in [0.2, 0.25) is 0 Å². The average molecular weight is 639 g/mol. The number of hydrogen-bond acceptors (Lipinski definition) is 4. The zero-order valence-corrected chi connectivity index (χ0v) is 27.1. The van der Waals surface area contributed by atoms with Crippen LogP contribution >= 0.6 is 0 Å². The predicted octanol–water partition coefficient (Wildman–Crippen LogP) is 12.4. The quantitative estimate of drug-likeness (QED) is 0.192. The van der Waals surface area contributed by atoms with E-state index in [2.05, 4.69) is 155 Å². The van der Waals surface area contributed by atoms with Crippen LogP contribution in [0.25, 0.3) is 56.2 Å². The lowest BCUT2D eigenvalue weighted by atomic mass is 9.94. The molecule has 0 N–H and O–H groups in total. The first-order valence-corrected chi connectivity index (χ1v) is 16.9. The highest BCUT2D eigenvalue weighted by Crippen LogP contribution is 2.60. The number of hydrogen-bond donors (Lipinski definition) is 0. The molecule has 234 valence electrons. The van der Waals surface area contributed by atoms with Crippen molar-refractivity contribution in [1.29, 1.82) is 0 Å². The predicted molar refractivity (Wildman–Crippen MR) is 206 cm³/mol. The van der Waals surface area contributed by atoms with Gasteiger partial charge in [0.15, 0.2) is 5.82 Å². The molecule has 0 aliphatic carbocycles. The molecule has 1 aromatic heterocycles. The van der Waals surface area contributed by atoms with E-state index in [-0.39, 0.29) is 0 Å². The molecular formula is C46H30N4. The summed E-state index contributed by atoms with van der Waals surface area (Å²) in [7, 11) is 0. The SMILES string of the molecule is c1ccc(-c2cc(-c3ccccc3)nc(-c3ccc(N4c5ccccc5N5c6ccccc6-c6ccccc6-c6cccc4c65)cc3)n2)cc1. The Labute approximate surface area is 291 Å². The van der Waals surface area contributed by atoms with Gasteiger partial charge in [-0.05, 0) is 65.7 Å². The largest absolute Gasteiger partial charge is 0.306 e. The van der Waals surface area contributed by atoms with Crippen LogP contribution in [0, 0.1) is 0 Å². The first kappa shape index (κ1) is 28.3. The molecule has 8 aromatic rings. The summed E-state index contributed by atoms with van der Waals surface area (Å²) in [6.07, 6.45) is 0. The van der Waals surface area contributed by atoms with Gasteiger partial charge in [0.1, 0.15) is 0 Å². The van der Waals surface area contributed by atoms with Crippen LogP contribution in [-0.4, -0.2) is 9.97 Å². The highest BCUT2D eigenvalue weighted by atomic mass is 15.3. The van der Waals surface area contributed by atoms with Gasteiger partial charge in [0.05, 0.1) is 39.8 Å². The molecule has 0 bridgehead atoms. The topological polar surface area (TPSA) is 32.3 Å². The molecule has 0 amide bonds. The molecular weight excluding hydrogens is 609 g/mol. The summed E-state index contributed by atoms with van der Waals surface area (Å²) in [5, 5.41) is 0. The van der Waals surface area contributed by atoms with Gasteiger partial charge >= 0.3 is 0 Å². The molecule has 0 saturated carbocycles. The van der Waals surface area contributed by atoms with E-state index in [1.165, 1.54) is 33.6 Å². The summed E-state index contributed by atoms with van der Waals surface area (Å²) in [4.78, 5) is 15.0. The van der Waals surface area contributed by atoms with Gasteiger partial charge in [0.25, 0.3) is 0 Å². The number of anilines is 6. The van der Waals surface area contributed by atoms with Crippen molar-refractivity contribution in [1.82, 2.24) is 9.97 Å². The Kier molecular flexibility index (Phi) is 6.46. The van der Waals surface area contributed by atoms with E-state index < -0.39 is 0 Å². The van der Waals surface area contributed by atoms with Crippen molar-refractivity contribution in [3.05, 3.63) is 182 Å². The van der Waals surface area contributed by atoms with E-state index in [4.69, 9.17) is 9.97 Å². The zero-order chi connectivity index (χ0) is 33.0. The Balaban J connectivity index is 1.14. The molecule has 2 aliphatic heterocycles. The molecule has 2 aliphatic rings. The van der Waals surface area contributed by atoms with Crippen molar-refractivity contribution >= 4 is 34.1 Å². The van der Waals surface area contributed by atoms with Crippen LogP contribution in [0.15, 0.2) is 182 Å². The smallest absolute Gasteiger partial charge is 0.160 e. The molecule has 0 unspecified atom stereocenters. The van der Waals surface area contributed by atoms with Gasteiger partial charge in [-0.15, -0.1) is 0 Å². The maximum absolute atomic E-state index is 5.08. The lowest BCUT2D eigenvalue weighted by molar-refractivity contribution is 1.17. The third kappa shape index (κ3) is 4.46. The Morgan fingerprint density at radius 3 is 1.44 bits per heavy atom. The van der Waals surface area contributed by atoms with Crippen molar-refractivity contribution in [2.75, 3.05) is 9.80 Å². The second-order valence-electron chi connectivity index (χ2n) is 12.6. The summed E-state index contributed by atoms with van der Waals surface area (Å²) < 4.78 is 0. The van der Waals surface area contributed by atoms with Gasteiger partial charge in [-0.3, -0.25) is 0 Å². The van der Waals surface area contributed by atoms with Crippen molar-refractivity contribution in [3.63, 3.8) is 0 Å². The van der Waals surface area contributed by atoms with E-state index in [1.54, 1.807) is 0 Å². The standard InChI is InChI=1S/C46H30N4/c1-3-14-31(15-4-1)39-30-40(32-16-5-2-6-17-32)48-46(47-39)33-26-28-34(29-27-33)49-42-23-11-12-24-43(42)50-41-22-10-9-20-37(41)35-18-7-8-19-36(35)38-21-13-25-44(49)45(38)50/h1-30H. The fourth-order valence-electron chi connectivity index (χ4n) is 7.48. The van der Waals surface area contributed by atoms with Crippen molar-refractivity contribution < 1.29 is 0 Å². The van der Waals surface area contributed by atoms with Gasteiger partial charge in [-0.1, -0.05) is 127 Å². The second kappa shape index (κ2) is 11.4. The van der Waals surface area contributed by atoms with Crippen molar-refractivity contribution in [2.24, 2.45) is 0 Å². The molecule has 10 rings (SSSR count). The first-order chi connectivity index (χ1) is 24.8. The van der Waals surface area contributed by atoms with E-state index in [0.717, 1.165) is 50.8 Å². The number of benzene rings is 7. The van der Waals surface area contributed by atoms with Crippen LogP contribution in [0.2, 0.25) is 0 Å². The number of para-hydroxylation sites is 4. The molecule has 4 heteroatoms. The minimum Gasteiger partial charge on any atom is -0.306 e. The van der Waals surface area contributed by atoms with Gasteiger partial charge < -0.3 is 9.80 Å². The summed E-state index contributed by atoms with van der Waals surface area (Å²) >= 11 is 0. The van der Waals surface area contributed by atoms with Crippen LogP contribution in [0.5, 0.6) is 0 Å². The number of fused-ring (bicyclic) bond motifs is 7. The average Bonchev–Trinajstić information content (AvgIpc) is 3.32. The van der Waals surface area contributed by atoms with Crippen LogP contribution in [0.4, 0.5) is 34.1 Å². The number of rotatable bonds is 4. The maximum Gasteiger partial charge on any atom is 0.160 e. The Hall–Kier alpha value is -6.78. The molecule has 0 radical (unpaired) electrons. The fraction of sp³-hybridized carbons (Fsp3) is 0. The van der Waals surface area contributed by atoms with Gasteiger partial charge in [-0.2, -0.15) is 0 Å². The third-order valence-corrected chi connectivity index (χ3v) is 9.74. The molecule has 0 atom stereocenters. The molecule has 0 fully saturated rings. The lowest BCUT2D eigenvalue weighted by Crippen LogP contribution is -2.24. The van der Waals surface area contributed by atoms with Gasteiger partial charge in [0, 0.05) is 33.5 Å². The van der Waals surface area contributed by atoms with Crippen molar-refractivity contribution in [3.8, 4) is 56.2 Å². The monoisotopic (exact) mass is 638 g/mol. The lowest BCUT2D eigenvalue weighted by Gasteiger charge is -2.41. The minimum absolute atomic E-state index is 0.698. The molecule has 50 heavy (non-hydrogen) atoms. The summed E-state index contributed by atoms with van der Waals surface area (Å²) in [5.74, 6) is 0.698. The highest BCUT2D eigenvalue weighted by Gasteiger charge is 2.35. The molecule has 7 aromatic carbocycles. The first-order valence-electron chi connectivity index (χ1n) is 16.9. The van der Waals surface area contributed by atoms with Gasteiger partial charge in [-0.25, -0.2) is 9.97 Å². The van der Waals surface area contributed by atoms with E-state index in [0.29, 0.717) is 5.82 Å². The molecule has 0 spiro atoms. The maximum atomic E-state index is 5.08. The summed E-state index contributed by atoms with van der Waals surface area (Å²) in [5.41, 5.74) is 16.6. The Morgan fingerprint density at radius 1 is 0.320 bits per heavy atom. The minimum atomic E-state index is 0.698. The van der Waals surface area contributed by atoms with Crippen LogP contribution in [-0.2, 0) is 0 Å². The second-order valence-corrected chi connectivity index (χ2v) is 12.6. The molecule has 4 nitrogen and oxygen atoms in total. The number of nitrogens with zero attached hydrogens (tertiary/aromatic N) is 4. The van der Waals surface area contributed by atoms with Crippen LogP contribution in [0.1, 0.15) is 0 Å². The Bertz CT molecular complexity index is 2480. The van der Waals surface area contributed by atoms with Crippen LogP contribution < -0.4 is 9.80 Å². The number of aromatic nitrogens is 2.